The molecule has 0 radical (unpaired) electrons. The summed E-state index contributed by atoms with van der Waals surface area (Å²) in [5, 5.41) is 11.6. The highest BCUT2D eigenvalue weighted by Gasteiger charge is 2.20. The molecule has 0 saturated carbocycles. The Bertz CT molecular complexity index is 474. The molecule has 0 fully saturated rings. The number of ether oxygens (including phenoxy) is 1. The number of hydrogen-bond acceptors (Lipinski definition) is 4. The van der Waals surface area contributed by atoms with Crippen molar-refractivity contribution >= 4 is 17.6 Å². The first-order chi connectivity index (χ1) is 7.22. The number of rotatable bonds is 1. The lowest BCUT2D eigenvalue weighted by Gasteiger charge is -2.20. The highest BCUT2D eigenvalue weighted by Crippen LogP contribution is 2.32. The van der Waals surface area contributed by atoms with Crippen LogP contribution in [0.2, 0.25) is 0 Å². The van der Waals surface area contributed by atoms with Crippen LogP contribution in [0.25, 0.3) is 0 Å². The number of carboxylic acids is 1. The lowest BCUT2D eigenvalue weighted by Crippen LogP contribution is -2.19. The number of carbonyl (C=O) groups excluding carboxylic acids is 1. The van der Waals surface area contributed by atoms with Gasteiger partial charge in [0.2, 0.25) is 0 Å². The Morgan fingerprint density at radius 1 is 1.53 bits per heavy atom. The molecule has 2 N–H and O–H groups in total. The second-order valence-electron chi connectivity index (χ2n) is 2.98. The van der Waals surface area contributed by atoms with Crippen LogP contribution in [-0.4, -0.2) is 23.6 Å². The van der Waals surface area contributed by atoms with Gasteiger partial charge in [0.1, 0.15) is 24.0 Å². The molecule has 0 saturated heterocycles. The number of benzene rings is 1. The second kappa shape index (κ2) is 3.48. The molecule has 15 heavy (non-hydrogen) atoms. The zero-order valence-electron chi connectivity index (χ0n) is 7.61. The van der Waals surface area contributed by atoms with Crippen molar-refractivity contribution in [3.8, 4) is 5.75 Å². The molecule has 0 amide bonds. The molecule has 1 aromatic rings. The summed E-state index contributed by atoms with van der Waals surface area (Å²) in [6.45, 7) is 0.0829. The maximum atomic E-state index is 10.9. The van der Waals surface area contributed by atoms with E-state index in [0.717, 1.165) is 0 Å². The maximum Gasteiger partial charge on any atom is 0.337 e. The van der Waals surface area contributed by atoms with E-state index in [2.05, 4.69) is 5.32 Å². The molecule has 0 aromatic heterocycles. The van der Waals surface area contributed by atoms with Gasteiger partial charge in [0.15, 0.2) is 0 Å². The van der Waals surface area contributed by atoms with Gasteiger partial charge in [-0.15, -0.1) is 0 Å². The van der Waals surface area contributed by atoms with Crippen LogP contribution < -0.4 is 10.1 Å². The predicted molar refractivity (Wildman–Crippen MR) is 51.7 cm³/mol. The molecule has 5 heteroatoms. The molecule has 0 unspecified atom stereocenters. The minimum absolute atomic E-state index is 0.0694. The zero-order valence-corrected chi connectivity index (χ0v) is 7.61. The summed E-state index contributed by atoms with van der Waals surface area (Å²) in [6.07, 6.45) is 0. The van der Waals surface area contributed by atoms with E-state index < -0.39 is 5.97 Å². The van der Waals surface area contributed by atoms with Crippen molar-refractivity contribution < 1.29 is 19.4 Å². The van der Waals surface area contributed by atoms with Gasteiger partial charge in [0.05, 0.1) is 11.3 Å². The summed E-state index contributed by atoms with van der Waals surface area (Å²) in [4.78, 5) is 21.3. The molecule has 1 aliphatic rings. The van der Waals surface area contributed by atoms with Gasteiger partial charge in [0, 0.05) is 0 Å². The summed E-state index contributed by atoms with van der Waals surface area (Å²) >= 11 is 0. The monoisotopic (exact) mass is 205 g/mol. The number of aromatic carboxylic acids is 1. The Hall–Kier alpha value is -2.26. The predicted octanol–water partition coefficient (Wildman–Crippen LogP) is 0.905. The standard InChI is InChI=1S/C10H7NO4/c12-4-6-5-15-8-3-1-2-7(10(13)14)9(8)11-6/h1-3,11H,5H2,(H,13,14). The number of para-hydroxylation sites is 1. The SMILES string of the molecule is O=C=C1COc2cccc(C(=O)O)c2N1. The highest BCUT2D eigenvalue weighted by molar-refractivity contribution is 5.97. The van der Waals surface area contributed by atoms with Crippen LogP contribution in [0, 0.1) is 0 Å². The number of hydrogen-bond donors (Lipinski definition) is 2. The minimum Gasteiger partial charge on any atom is -0.484 e. The van der Waals surface area contributed by atoms with Gasteiger partial charge in [-0.25, -0.2) is 9.59 Å². The number of nitrogens with one attached hydrogen (secondary N) is 1. The summed E-state index contributed by atoms with van der Waals surface area (Å²) < 4.78 is 5.19. The van der Waals surface area contributed by atoms with Crippen molar-refractivity contribution in [3.63, 3.8) is 0 Å². The van der Waals surface area contributed by atoms with Crippen LogP contribution in [0.4, 0.5) is 5.69 Å². The van der Waals surface area contributed by atoms with Crippen LogP contribution in [0.3, 0.4) is 0 Å². The van der Waals surface area contributed by atoms with E-state index in [1.165, 1.54) is 6.07 Å². The van der Waals surface area contributed by atoms with Gasteiger partial charge in [-0.3, -0.25) is 0 Å². The van der Waals surface area contributed by atoms with Gasteiger partial charge in [-0.2, -0.15) is 0 Å². The Balaban J connectivity index is 2.54. The molecule has 0 spiro atoms. The van der Waals surface area contributed by atoms with Gasteiger partial charge in [-0.05, 0) is 12.1 Å². The van der Waals surface area contributed by atoms with E-state index >= 15 is 0 Å². The number of carboxylic acid groups (broad SMARTS) is 1. The van der Waals surface area contributed by atoms with Crippen molar-refractivity contribution in [1.82, 2.24) is 0 Å². The van der Waals surface area contributed by atoms with Crippen LogP contribution >= 0.6 is 0 Å². The van der Waals surface area contributed by atoms with Crippen molar-refractivity contribution in [3.05, 3.63) is 29.5 Å². The topological polar surface area (TPSA) is 75.6 Å². The van der Waals surface area contributed by atoms with E-state index in [1.54, 1.807) is 18.1 Å². The van der Waals surface area contributed by atoms with Crippen LogP contribution in [0.5, 0.6) is 5.75 Å². The molecule has 1 aliphatic heterocycles. The lowest BCUT2D eigenvalue weighted by molar-refractivity contribution is 0.0697. The van der Waals surface area contributed by atoms with E-state index in [9.17, 15) is 9.59 Å². The molecule has 0 atom stereocenters. The van der Waals surface area contributed by atoms with Gasteiger partial charge < -0.3 is 15.2 Å². The normalized spacial score (nSPS) is 13.2. The zero-order chi connectivity index (χ0) is 10.8. The van der Waals surface area contributed by atoms with Gasteiger partial charge in [-0.1, -0.05) is 6.07 Å². The average molecular weight is 205 g/mol. The Morgan fingerprint density at radius 3 is 3.00 bits per heavy atom. The Morgan fingerprint density at radius 2 is 2.33 bits per heavy atom. The third-order valence-electron chi connectivity index (χ3n) is 2.03. The van der Waals surface area contributed by atoms with Gasteiger partial charge in [0.25, 0.3) is 0 Å². The summed E-state index contributed by atoms with van der Waals surface area (Å²) in [5.74, 6) is 0.999. The maximum absolute atomic E-state index is 10.9. The molecular formula is C10H7NO4. The fourth-order valence-electron chi connectivity index (χ4n) is 1.35. The molecule has 1 heterocycles. The average Bonchev–Trinajstić information content (AvgIpc) is 2.27. The van der Waals surface area contributed by atoms with E-state index in [0.29, 0.717) is 11.4 Å². The lowest BCUT2D eigenvalue weighted by atomic mass is 10.1. The summed E-state index contributed by atoms with van der Waals surface area (Å²) in [6, 6.07) is 4.65. The van der Waals surface area contributed by atoms with E-state index in [4.69, 9.17) is 9.84 Å². The number of carbonyl (C=O) groups is 1. The minimum atomic E-state index is -1.07. The van der Waals surface area contributed by atoms with Crippen molar-refractivity contribution in [2.45, 2.75) is 0 Å². The Kier molecular flexibility index (Phi) is 2.15. The van der Waals surface area contributed by atoms with Crippen molar-refractivity contribution in [1.29, 1.82) is 0 Å². The first kappa shape index (κ1) is 9.30. The fraction of sp³-hybridized carbons (Fsp3) is 0.100. The van der Waals surface area contributed by atoms with Crippen LogP contribution in [-0.2, 0) is 4.79 Å². The largest absolute Gasteiger partial charge is 0.484 e. The van der Waals surface area contributed by atoms with Gasteiger partial charge >= 0.3 is 5.97 Å². The molecule has 1 aromatic carbocycles. The number of fused-ring (bicyclic) bond motifs is 1. The van der Waals surface area contributed by atoms with Crippen molar-refractivity contribution in [2.75, 3.05) is 11.9 Å². The molecule has 2 rings (SSSR count). The smallest absolute Gasteiger partial charge is 0.337 e. The van der Waals surface area contributed by atoms with Crippen LogP contribution in [0.15, 0.2) is 23.9 Å². The second-order valence-corrected chi connectivity index (χ2v) is 2.98. The molecule has 76 valence electrons. The summed E-state index contributed by atoms with van der Waals surface area (Å²) in [7, 11) is 0. The molecular weight excluding hydrogens is 198 g/mol. The van der Waals surface area contributed by atoms with Crippen molar-refractivity contribution in [2.24, 2.45) is 0 Å². The first-order valence-electron chi connectivity index (χ1n) is 4.22. The van der Waals surface area contributed by atoms with Crippen LogP contribution in [0.1, 0.15) is 10.4 Å². The van der Waals surface area contributed by atoms with E-state index in [-0.39, 0.29) is 17.9 Å². The van der Waals surface area contributed by atoms with E-state index in [1.807, 2.05) is 0 Å². The quantitative estimate of drug-likeness (QED) is 0.666. The first-order valence-corrected chi connectivity index (χ1v) is 4.22. The fourth-order valence-corrected chi connectivity index (χ4v) is 1.35. The molecule has 5 nitrogen and oxygen atoms in total. The molecule has 0 aliphatic carbocycles. The Labute approximate surface area is 85.0 Å². The number of anilines is 1. The third kappa shape index (κ3) is 1.56. The molecule has 0 bridgehead atoms. The third-order valence-corrected chi connectivity index (χ3v) is 2.03. The highest BCUT2D eigenvalue weighted by atomic mass is 16.5. The summed E-state index contributed by atoms with van der Waals surface area (Å²) in [5.41, 5.74) is 0.561.